The molecule has 4 rings (SSSR count). The summed E-state index contributed by atoms with van der Waals surface area (Å²) in [7, 11) is 0. The lowest BCUT2D eigenvalue weighted by atomic mass is 10.0. The van der Waals surface area contributed by atoms with Gasteiger partial charge in [-0.25, -0.2) is 10.4 Å². The largest absolute Gasteiger partial charge is 0.321 e. The zero-order valence-corrected chi connectivity index (χ0v) is 14.0. The fraction of sp³-hybridized carbons (Fsp3) is 0.250. The Balaban J connectivity index is 1.50. The third-order valence-electron chi connectivity index (χ3n) is 4.59. The third kappa shape index (κ3) is 3.31. The van der Waals surface area contributed by atoms with Crippen molar-refractivity contribution in [3.63, 3.8) is 0 Å². The van der Waals surface area contributed by atoms with Crippen LogP contribution in [-0.4, -0.2) is 21.2 Å². The monoisotopic (exact) mass is 332 g/mol. The number of carbonyl (C=O) groups is 1. The van der Waals surface area contributed by atoms with E-state index in [2.05, 4.69) is 33.7 Å². The number of benzene rings is 2. The standard InChI is InChI=1S/C20H20N4O/c25-20(13-24-14-21-18-11-5-6-12-19(18)24)23-22-17-10-4-2-8-15-7-1-3-9-16(15)17/h1,3,5-7,9,11-12,14H,2,4,8,10,13H2,(H,23,25)/b22-17+. The molecule has 1 amide bonds. The maximum Gasteiger partial charge on any atom is 0.260 e. The highest BCUT2D eigenvalue weighted by Crippen LogP contribution is 2.20. The van der Waals surface area contributed by atoms with Crippen molar-refractivity contribution in [1.82, 2.24) is 15.0 Å². The van der Waals surface area contributed by atoms with Gasteiger partial charge in [0.15, 0.2) is 0 Å². The van der Waals surface area contributed by atoms with Gasteiger partial charge in [0.1, 0.15) is 6.54 Å². The minimum Gasteiger partial charge on any atom is -0.321 e. The minimum absolute atomic E-state index is 0.141. The Hall–Kier alpha value is -2.95. The van der Waals surface area contributed by atoms with E-state index < -0.39 is 0 Å². The van der Waals surface area contributed by atoms with Crippen molar-refractivity contribution in [3.8, 4) is 0 Å². The van der Waals surface area contributed by atoms with Gasteiger partial charge in [-0.2, -0.15) is 5.10 Å². The molecular weight excluding hydrogens is 312 g/mol. The molecule has 0 saturated heterocycles. The van der Waals surface area contributed by atoms with Crippen LogP contribution in [0.2, 0.25) is 0 Å². The average molecular weight is 332 g/mol. The van der Waals surface area contributed by atoms with Crippen molar-refractivity contribution in [2.45, 2.75) is 32.2 Å². The van der Waals surface area contributed by atoms with Crippen LogP contribution in [-0.2, 0) is 17.8 Å². The van der Waals surface area contributed by atoms with Gasteiger partial charge in [-0.05, 0) is 43.4 Å². The molecule has 0 aliphatic heterocycles. The van der Waals surface area contributed by atoms with Crippen molar-refractivity contribution < 1.29 is 4.79 Å². The van der Waals surface area contributed by atoms with Gasteiger partial charge in [0.05, 0.1) is 23.1 Å². The average Bonchev–Trinajstić information content (AvgIpc) is 2.92. The molecule has 0 bridgehead atoms. The van der Waals surface area contributed by atoms with Gasteiger partial charge in [-0.15, -0.1) is 0 Å². The first kappa shape index (κ1) is 15.6. The molecule has 1 N–H and O–H groups in total. The Morgan fingerprint density at radius 1 is 1.08 bits per heavy atom. The van der Waals surface area contributed by atoms with Gasteiger partial charge >= 0.3 is 0 Å². The Labute approximate surface area is 146 Å². The minimum atomic E-state index is -0.141. The molecule has 0 atom stereocenters. The highest BCUT2D eigenvalue weighted by Gasteiger charge is 2.14. The molecule has 1 aromatic heterocycles. The Morgan fingerprint density at radius 3 is 2.84 bits per heavy atom. The number of hydrogen-bond donors (Lipinski definition) is 1. The van der Waals surface area contributed by atoms with Crippen molar-refractivity contribution in [2.75, 3.05) is 0 Å². The second-order valence-electron chi connectivity index (χ2n) is 6.32. The van der Waals surface area contributed by atoms with Crippen LogP contribution in [0.25, 0.3) is 11.0 Å². The van der Waals surface area contributed by atoms with Crippen molar-refractivity contribution in [1.29, 1.82) is 0 Å². The van der Waals surface area contributed by atoms with Crippen LogP contribution in [0.5, 0.6) is 0 Å². The Bertz CT molecular complexity index is 942. The molecule has 5 heteroatoms. The van der Waals surface area contributed by atoms with E-state index in [0.717, 1.165) is 48.0 Å². The number of aryl methyl sites for hydroxylation is 1. The maximum absolute atomic E-state index is 12.3. The molecule has 0 saturated carbocycles. The molecule has 126 valence electrons. The van der Waals surface area contributed by atoms with E-state index in [0.29, 0.717) is 0 Å². The number of amides is 1. The highest BCUT2D eigenvalue weighted by atomic mass is 16.2. The summed E-state index contributed by atoms with van der Waals surface area (Å²) in [6.45, 7) is 0.207. The van der Waals surface area contributed by atoms with Crippen LogP contribution >= 0.6 is 0 Å². The first-order valence-corrected chi connectivity index (χ1v) is 8.65. The number of fused-ring (bicyclic) bond motifs is 2. The van der Waals surface area contributed by atoms with Crippen LogP contribution in [0.4, 0.5) is 0 Å². The van der Waals surface area contributed by atoms with E-state index in [1.54, 1.807) is 6.33 Å². The summed E-state index contributed by atoms with van der Waals surface area (Å²) >= 11 is 0. The number of rotatable bonds is 3. The number of aromatic nitrogens is 2. The van der Waals surface area contributed by atoms with E-state index in [1.807, 2.05) is 34.9 Å². The summed E-state index contributed by atoms with van der Waals surface area (Å²) in [5, 5.41) is 4.43. The van der Waals surface area contributed by atoms with Gasteiger partial charge in [0, 0.05) is 5.56 Å². The van der Waals surface area contributed by atoms with E-state index in [4.69, 9.17) is 0 Å². The third-order valence-corrected chi connectivity index (χ3v) is 4.59. The zero-order valence-electron chi connectivity index (χ0n) is 14.0. The predicted molar refractivity (Wildman–Crippen MR) is 98.4 cm³/mol. The van der Waals surface area contributed by atoms with Gasteiger partial charge in [-0.1, -0.05) is 36.4 Å². The molecule has 25 heavy (non-hydrogen) atoms. The normalized spacial score (nSPS) is 15.8. The van der Waals surface area contributed by atoms with E-state index in [-0.39, 0.29) is 12.5 Å². The molecule has 2 aromatic carbocycles. The van der Waals surface area contributed by atoms with Gasteiger partial charge < -0.3 is 4.57 Å². The maximum atomic E-state index is 12.3. The molecule has 0 radical (unpaired) electrons. The Kier molecular flexibility index (Phi) is 4.29. The van der Waals surface area contributed by atoms with E-state index in [9.17, 15) is 4.79 Å². The summed E-state index contributed by atoms with van der Waals surface area (Å²) < 4.78 is 1.84. The zero-order chi connectivity index (χ0) is 17.1. The quantitative estimate of drug-likeness (QED) is 0.591. The number of hydrazone groups is 1. The molecule has 5 nitrogen and oxygen atoms in total. The van der Waals surface area contributed by atoms with E-state index >= 15 is 0 Å². The number of para-hydroxylation sites is 2. The molecule has 1 aliphatic rings. The summed E-state index contributed by atoms with van der Waals surface area (Å²) in [6, 6.07) is 16.1. The molecule has 3 aromatic rings. The number of imidazole rings is 1. The van der Waals surface area contributed by atoms with Crippen molar-refractivity contribution >= 4 is 22.7 Å². The number of carbonyl (C=O) groups excluding carboxylic acids is 1. The van der Waals surface area contributed by atoms with Crippen LogP contribution in [0.1, 0.15) is 30.4 Å². The first-order chi connectivity index (χ1) is 12.3. The lowest BCUT2D eigenvalue weighted by Gasteiger charge is -2.08. The Morgan fingerprint density at radius 2 is 1.88 bits per heavy atom. The number of hydrogen-bond acceptors (Lipinski definition) is 3. The molecule has 1 heterocycles. The lowest BCUT2D eigenvalue weighted by Crippen LogP contribution is -2.24. The smallest absolute Gasteiger partial charge is 0.260 e. The van der Waals surface area contributed by atoms with E-state index in [1.165, 1.54) is 5.56 Å². The topological polar surface area (TPSA) is 59.3 Å². The summed E-state index contributed by atoms with van der Waals surface area (Å²) in [5.74, 6) is -0.141. The second kappa shape index (κ2) is 6.89. The summed E-state index contributed by atoms with van der Waals surface area (Å²) in [6.07, 6.45) is 5.91. The number of nitrogens with one attached hydrogen (secondary N) is 1. The van der Waals surface area contributed by atoms with Crippen molar-refractivity contribution in [2.24, 2.45) is 5.10 Å². The van der Waals surface area contributed by atoms with Gasteiger partial charge in [-0.3, -0.25) is 4.79 Å². The lowest BCUT2D eigenvalue weighted by molar-refractivity contribution is -0.121. The summed E-state index contributed by atoms with van der Waals surface area (Å²) in [5.41, 5.74) is 8.01. The second-order valence-corrected chi connectivity index (χ2v) is 6.32. The molecule has 0 fully saturated rings. The number of nitrogens with zero attached hydrogens (tertiary/aromatic N) is 3. The van der Waals surface area contributed by atoms with Gasteiger partial charge in [0.2, 0.25) is 0 Å². The fourth-order valence-corrected chi connectivity index (χ4v) is 3.33. The molecule has 0 unspecified atom stereocenters. The van der Waals surface area contributed by atoms with Crippen molar-refractivity contribution in [3.05, 3.63) is 66.0 Å². The highest BCUT2D eigenvalue weighted by molar-refractivity contribution is 6.02. The molecular formula is C20H20N4O. The van der Waals surface area contributed by atoms with Crippen LogP contribution in [0.3, 0.4) is 0 Å². The first-order valence-electron chi connectivity index (χ1n) is 8.65. The van der Waals surface area contributed by atoms with Crippen LogP contribution < -0.4 is 5.43 Å². The molecule has 1 aliphatic carbocycles. The van der Waals surface area contributed by atoms with Crippen LogP contribution in [0, 0.1) is 0 Å². The summed E-state index contributed by atoms with van der Waals surface area (Å²) in [4.78, 5) is 16.6. The van der Waals surface area contributed by atoms with Gasteiger partial charge in [0.25, 0.3) is 5.91 Å². The fourth-order valence-electron chi connectivity index (χ4n) is 3.33. The predicted octanol–water partition coefficient (Wildman–Crippen LogP) is 3.28. The molecule has 0 spiro atoms. The van der Waals surface area contributed by atoms with Crippen LogP contribution in [0.15, 0.2) is 60.0 Å². The SMILES string of the molecule is O=C(Cn1cnc2ccccc21)N/N=C1\CCCCc2ccccc21.